The molecule has 1 N–H and O–H groups in total. The van der Waals surface area contributed by atoms with Gasteiger partial charge in [0.1, 0.15) is 5.75 Å². The van der Waals surface area contributed by atoms with Crippen LogP contribution in [0.5, 0.6) is 5.75 Å². The maximum atomic E-state index is 12.5. The summed E-state index contributed by atoms with van der Waals surface area (Å²) in [6, 6.07) is 24.2. The third-order valence-corrected chi connectivity index (χ3v) is 5.07. The molecule has 8 nitrogen and oxygen atoms in total. The fraction of sp³-hybridized carbons (Fsp3) is 0.0800. The highest BCUT2D eigenvalue weighted by Gasteiger charge is 2.15. The molecule has 1 atom stereocenters. The molecule has 0 fully saturated rings. The van der Waals surface area contributed by atoms with Crippen molar-refractivity contribution in [3.63, 3.8) is 0 Å². The highest BCUT2D eigenvalue weighted by atomic mass is 16.5. The molecule has 0 radical (unpaired) electrons. The van der Waals surface area contributed by atoms with E-state index in [2.05, 4.69) is 20.5 Å². The van der Waals surface area contributed by atoms with Crippen molar-refractivity contribution < 1.29 is 9.53 Å². The highest BCUT2D eigenvalue weighted by molar-refractivity contribution is 5.94. The number of nitrogens with zero attached hydrogens (tertiary/aromatic N) is 5. The monoisotopic (exact) mass is 436 g/mol. The van der Waals surface area contributed by atoms with Crippen LogP contribution in [0, 0.1) is 0 Å². The molecule has 0 aliphatic carbocycles. The second kappa shape index (κ2) is 8.88. The first-order valence-corrected chi connectivity index (χ1v) is 10.4. The predicted molar refractivity (Wildman–Crippen MR) is 125 cm³/mol. The molecule has 5 rings (SSSR count). The second-order valence-corrected chi connectivity index (χ2v) is 7.39. The lowest BCUT2D eigenvalue weighted by molar-refractivity contribution is -0.122. The number of rotatable bonds is 6. The van der Waals surface area contributed by atoms with E-state index < -0.39 is 6.10 Å². The number of carbonyl (C=O) groups excluding carboxylic acids is 1. The standard InChI is InChI=1S/C25H20N6O2/c1-17(33-21-5-3-2-4-6-21)25(32)27-20-9-7-18(8-10-20)22-11-12-23-28-29-24(31(23)30-22)19-13-15-26-16-14-19/h2-17H,1H3,(H,27,32). The summed E-state index contributed by atoms with van der Waals surface area (Å²) in [6.07, 6.45) is 2.79. The van der Waals surface area contributed by atoms with E-state index in [0.29, 0.717) is 22.9 Å². The van der Waals surface area contributed by atoms with Crippen LogP contribution in [0.25, 0.3) is 28.3 Å². The lowest BCUT2D eigenvalue weighted by atomic mass is 10.1. The van der Waals surface area contributed by atoms with Crippen molar-refractivity contribution in [2.45, 2.75) is 13.0 Å². The first-order chi connectivity index (χ1) is 16.2. The summed E-state index contributed by atoms with van der Waals surface area (Å²) in [7, 11) is 0. The summed E-state index contributed by atoms with van der Waals surface area (Å²) in [4.78, 5) is 16.5. The average Bonchev–Trinajstić information content (AvgIpc) is 3.29. The van der Waals surface area contributed by atoms with Crippen LogP contribution in [-0.4, -0.2) is 36.8 Å². The van der Waals surface area contributed by atoms with E-state index >= 15 is 0 Å². The Morgan fingerprint density at radius 2 is 1.64 bits per heavy atom. The summed E-state index contributed by atoms with van der Waals surface area (Å²) in [5.74, 6) is 1.07. The Hall–Kier alpha value is -4.59. The fourth-order valence-corrected chi connectivity index (χ4v) is 3.35. The molecule has 1 unspecified atom stereocenters. The van der Waals surface area contributed by atoms with Gasteiger partial charge in [-0.05, 0) is 55.5 Å². The molecule has 1 amide bonds. The Morgan fingerprint density at radius 1 is 0.879 bits per heavy atom. The second-order valence-electron chi connectivity index (χ2n) is 7.39. The van der Waals surface area contributed by atoms with Crippen LogP contribution in [0.3, 0.4) is 0 Å². The molecular weight excluding hydrogens is 416 g/mol. The van der Waals surface area contributed by atoms with Crippen molar-refractivity contribution in [1.82, 2.24) is 24.8 Å². The van der Waals surface area contributed by atoms with Gasteiger partial charge in [0.05, 0.1) is 5.69 Å². The number of aromatic nitrogens is 5. The minimum Gasteiger partial charge on any atom is -0.481 e. The van der Waals surface area contributed by atoms with Crippen LogP contribution in [0.4, 0.5) is 5.69 Å². The van der Waals surface area contributed by atoms with Gasteiger partial charge in [0.25, 0.3) is 5.91 Å². The van der Waals surface area contributed by atoms with Crippen LogP contribution < -0.4 is 10.1 Å². The molecule has 3 heterocycles. The number of hydrogen-bond acceptors (Lipinski definition) is 6. The molecule has 0 aliphatic rings. The summed E-state index contributed by atoms with van der Waals surface area (Å²) in [5.41, 5.74) is 3.87. The third-order valence-electron chi connectivity index (χ3n) is 5.07. The number of ether oxygens (including phenoxy) is 1. The average molecular weight is 436 g/mol. The number of amides is 1. The minimum absolute atomic E-state index is 0.224. The molecule has 0 saturated carbocycles. The predicted octanol–water partition coefficient (Wildman–Crippen LogP) is 4.26. The molecular formula is C25H20N6O2. The Bertz CT molecular complexity index is 1390. The van der Waals surface area contributed by atoms with Crippen LogP contribution >= 0.6 is 0 Å². The van der Waals surface area contributed by atoms with Gasteiger partial charge in [-0.3, -0.25) is 9.78 Å². The summed E-state index contributed by atoms with van der Waals surface area (Å²) in [6.45, 7) is 1.72. The number of benzene rings is 2. The van der Waals surface area contributed by atoms with E-state index in [9.17, 15) is 4.79 Å². The molecule has 2 aromatic carbocycles. The Labute approximate surface area is 189 Å². The minimum atomic E-state index is -0.628. The number of pyridine rings is 1. The van der Waals surface area contributed by atoms with Gasteiger partial charge in [-0.25, -0.2) is 0 Å². The van der Waals surface area contributed by atoms with Crippen LogP contribution in [0.2, 0.25) is 0 Å². The Balaban J connectivity index is 1.32. The maximum Gasteiger partial charge on any atom is 0.265 e. The molecule has 162 valence electrons. The summed E-state index contributed by atoms with van der Waals surface area (Å²) >= 11 is 0. The molecule has 0 bridgehead atoms. The fourth-order valence-electron chi connectivity index (χ4n) is 3.35. The number of carbonyl (C=O) groups is 1. The molecule has 0 spiro atoms. The third kappa shape index (κ3) is 4.40. The molecule has 33 heavy (non-hydrogen) atoms. The molecule has 3 aromatic heterocycles. The first kappa shape index (κ1) is 20.3. The van der Waals surface area contributed by atoms with Gasteiger partial charge >= 0.3 is 0 Å². The van der Waals surface area contributed by atoms with E-state index in [0.717, 1.165) is 16.8 Å². The molecule has 0 saturated heterocycles. The van der Waals surface area contributed by atoms with Gasteiger partial charge in [0, 0.05) is 29.2 Å². The van der Waals surface area contributed by atoms with E-state index in [1.54, 1.807) is 23.8 Å². The number of nitrogens with one attached hydrogen (secondary N) is 1. The van der Waals surface area contributed by atoms with Gasteiger partial charge in [-0.2, -0.15) is 9.61 Å². The molecule has 0 aliphatic heterocycles. The quantitative estimate of drug-likeness (QED) is 0.427. The zero-order valence-electron chi connectivity index (χ0n) is 17.8. The topological polar surface area (TPSA) is 94.3 Å². The zero-order chi connectivity index (χ0) is 22.6. The van der Waals surface area contributed by atoms with Crippen LogP contribution in [0.1, 0.15) is 6.92 Å². The number of hydrogen-bond donors (Lipinski definition) is 1. The van der Waals surface area contributed by atoms with Crippen molar-refractivity contribution in [3.8, 4) is 28.4 Å². The van der Waals surface area contributed by atoms with Gasteiger partial charge in [-0.15, -0.1) is 10.2 Å². The van der Waals surface area contributed by atoms with Gasteiger partial charge in [0.15, 0.2) is 17.6 Å². The van der Waals surface area contributed by atoms with Crippen LogP contribution in [-0.2, 0) is 4.79 Å². The molecule has 5 aromatic rings. The normalized spacial score (nSPS) is 11.8. The lowest BCUT2D eigenvalue weighted by Gasteiger charge is -2.14. The smallest absolute Gasteiger partial charge is 0.265 e. The van der Waals surface area contributed by atoms with Crippen molar-refractivity contribution in [1.29, 1.82) is 0 Å². The highest BCUT2D eigenvalue weighted by Crippen LogP contribution is 2.22. The van der Waals surface area contributed by atoms with Gasteiger partial charge in [-0.1, -0.05) is 30.3 Å². The van der Waals surface area contributed by atoms with Crippen LogP contribution in [0.15, 0.2) is 91.3 Å². The SMILES string of the molecule is CC(Oc1ccccc1)C(=O)Nc1ccc(-c2ccc3nnc(-c4ccncc4)n3n2)cc1. The van der Waals surface area contributed by atoms with Crippen molar-refractivity contribution in [2.24, 2.45) is 0 Å². The van der Waals surface area contributed by atoms with E-state index in [-0.39, 0.29) is 5.91 Å². The molecule has 8 heteroatoms. The number of fused-ring (bicyclic) bond motifs is 1. The summed E-state index contributed by atoms with van der Waals surface area (Å²) in [5, 5.41) is 16.0. The van der Waals surface area contributed by atoms with Crippen molar-refractivity contribution >= 4 is 17.2 Å². The Morgan fingerprint density at radius 3 is 2.39 bits per heavy atom. The lowest BCUT2D eigenvalue weighted by Crippen LogP contribution is -2.30. The van der Waals surface area contributed by atoms with E-state index in [4.69, 9.17) is 9.84 Å². The number of para-hydroxylation sites is 1. The first-order valence-electron chi connectivity index (χ1n) is 10.4. The maximum absolute atomic E-state index is 12.5. The zero-order valence-corrected chi connectivity index (χ0v) is 17.8. The van der Waals surface area contributed by atoms with E-state index in [1.165, 1.54) is 0 Å². The summed E-state index contributed by atoms with van der Waals surface area (Å²) < 4.78 is 7.39. The number of anilines is 1. The largest absolute Gasteiger partial charge is 0.481 e. The van der Waals surface area contributed by atoms with Crippen molar-refractivity contribution in [2.75, 3.05) is 5.32 Å². The van der Waals surface area contributed by atoms with Crippen molar-refractivity contribution in [3.05, 3.63) is 91.3 Å². The van der Waals surface area contributed by atoms with E-state index in [1.807, 2.05) is 78.9 Å². The van der Waals surface area contributed by atoms with Gasteiger partial charge in [0.2, 0.25) is 0 Å². The van der Waals surface area contributed by atoms with Gasteiger partial charge < -0.3 is 10.1 Å². The Kier molecular flexibility index (Phi) is 5.47.